The molecule has 0 aromatic carbocycles. The number of thiophene rings is 2. The molecule has 0 saturated carbocycles. The zero-order valence-electron chi connectivity index (χ0n) is 11.9. The summed E-state index contributed by atoms with van der Waals surface area (Å²) in [5.41, 5.74) is 0. The summed E-state index contributed by atoms with van der Waals surface area (Å²) in [6, 6.07) is 2.02. The van der Waals surface area contributed by atoms with Crippen molar-refractivity contribution < 1.29 is 4.21 Å². The van der Waals surface area contributed by atoms with E-state index in [1.165, 1.54) is 0 Å². The molecule has 0 fully saturated rings. The third-order valence-corrected chi connectivity index (χ3v) is 13.9. The molecule has 7 heteroatoms. The van der Waals surface area contributed by atoms with Gasteiger partial charge in [-0.05, 0) is 16.5 Å². The van der Waals surface area contributed by atoms with E-state index in [0.29, 0.717) is 4.90 Å². The molecule has 2 aromatic heterocycles. The Labute approximate surface area is 124 Å². The SMILES string of the molecule is CC(C)(C)[Si](C)(C)NS(=N)(=O)c1csc2ccsc12. The highest BCUT2D eigenvalue weighted by Crippen LogP contribution is 2.38. The van der Waals surface area contributed by atoms with Crippen molar-refractivity contribution in [3.8, 4) is 0 Å². The first-order chi connectivity index (χ1) is 8.55. The van der Waals surface area contributed by atoms with Crippen LogP contribution in [0.15, 0.2) is 21.7 Å². The maximum atomic E-state index is 12.8. The molecule has 0 radical (unpaired) electrons. The van der Waals surface area contributed by atoms with Crippen LogP contribution in [0.3, 0.4) is 0 Å². The Morgan fingerprint density at radius 2 is 1.95 bits per heavy atom. The normalized spacial score (nSPS) is 16.7. The third kappa shape index (κ3) is 2.80. The predicted molar refractivity (Wildman–Crippen MR) is 89.2 cm³/mol. The highest BCUT2D eigenvalue weighted by Gasteiger charge is 2.38. The summed E-state index contributed by atoms with van der Waals surface area (Å²) in [5.74, 6) is 0. The highest BCUT2D eigenvalue weighted by molar-refractivity contribution is 7.92. The van der Waals surface area contributed by atoms with E-state index in [9.17, 15) is 4.21 Å². The molecule has 0 bridgehead atoms. The van der Waals surface area contributed by atoms with Gasteiger partial charge in [0.1, 0.15) is 18.2 Å². The third-order valence-electron chi connectivity index (χ3n) is 3.73. The van der Waals surface area contributed by atoms with Crippen molar-refractivity contribution in [3.05, 3.63) is 16.8 Å². The number of nitrogens with one attached hydrogen (secondary N) is 2. The first-order valence-electron chi connectivity index (χ1n) is 6.07. The summed E-state index contributed by atoms with van der Waals surface area (Å²) in [4.78, 5) is 0.660. The Morgan fingerprint density at radius 3 is 2.53 bits per heavy atom. The summed E-state index contributed by atoms with van der Waals surface area (Å²) in [5, 5.41) is 3.92. The largest absolute Gasteiger partial charge is 0.249 e. The van der Waals surface area contributed by atoms with Crippen LogP contribution >= 0.6 is 22.7 Å². The van der Waals surface area contributed by atoms with Gasteiger partial charge in [0.2, 0.25) is 0 Å². The minimum absolute atomic E-state index is 0.0568. The van der Waals surface area contributed by atoms with Gasteiger partial charge in [-0.25, -0.2) is 13.4 Å². The van der Waals surface area contributed by atoms with Crippen molar-refractivity contribution in [2.45, 2.75) is 43.8 Å². The van der Waals surface area contributed by atoms with Crippen molar-refractivity contribution in [2.24, 2.45) is 0 Å². The molecule has 2 N–H and O–H groups in total. The van der Waals surface area contributed by atoms with E-state index in [2.05, 4.69) is 38.3 Å². The maximum Gasteiger partial charge on any atom is 0.140 e. The Balaban J connectivity index is 2.43. The van der Waals surface area contributed by atoms with Gasteiger partial charge in [0.05, 0.1) is 9.60 Å². The Bertz CT molecular complexity index is 692. The zero-order chi connectivity index (χ0) is 14.5. The molecule has 0 aliphatic carbocycles. The van der Waals surface area contributed by atoms with Gasteiger partial charge in [-0.2, -0.15) is 0 Å². The van der Waals surface area contributed by atoms with E-state index in [4.69, 9.17) is 4.78 Å². The first-order valence-corrected chi connectivity index (χ1v) is 12.4. The summed E-state index contributed by atoms with van der Waals surface area (Å²) >= 11 is 3.14. The number of fused-ring (bicyclic) bond motifs is 1. The van der Waals surface area contributed by atoms with Gasteiger partial charge in [-0.1, -0.05) is 33.9 Å². The van der Waals surface area contributed by atoms with Gasteiger partial charge in [0.15, 0.2) is 0 Å². The monoisotopic (exact) mass is 332 g/mol. The van der Waals surface area contributed by atoms with E-state index < -0.39 is 18.2 Å². The fraction of sp³-hybridized carbons (Fsp3) is 0.500. The molecule has 0 aliphatic rings. The second kappa shape index (κ2) is 4.66. The van der Waals surface area contributed by atoms with Crippen LogP contribution in [0.25, 0.3) is 9.40 Å². The quantitative estimate of drug-likeness (QED) is 0.773. The van der Waals surface area contributed by atoms with Gasteiger partial charge in [0, 0.05) is 10.1 Å². The average Bonchev–Trinajstić information content (AvgIpc) is 2.72. The van der Waals surface area contributed by atoms with E-state index in [1.54, 1.807) is 22.7 Å². The number of hydrogen-bond donors (Lipinski definition) is 2. The molecule has 3 nitrogen and oxygen atoms in total. The molecule has 2 aromatic rings. The standard InChI is InChI=1S/C12H20N2OS3Si/c1-12(2,3)19(4,5)14-18(13,15)10-8-17-9-6-7-16-11(9)10/h6-8H,1-5H3,(H2,13,14,15). The molecule has 19 heavy (non-hydrogen) atoms. The van der Waals surface area contributed by atoms with Crippen molar-refractivity contribution in [2.75, 3.05) is 0 Å². The molecule has 0 saturated heterocycles. The van der Waals surface area contributed by atoms with Gasteiger partial charge in [0.25, 0.3) is 0 Å². The van der Waals surface area contributed by atoms with Crippen LogP contribution in [0, 0.1) is 4.78 Å². The van der Waals surface area contributed by atoms with Gasteiger partial charge in [-0.15, -0.1) is 22.7 Å². The lowest BCUT2D eigenvalue weighted by atomic mass is 10.2. The van der Waals surface area contributed by atoms with Crippen LogP contribution in [-0.4, -0.2) is 12.4 Å². The summed E-state index contributed by atoms with van der Waals surface area (Å²) in [6.07, 6.45) is 0. The smallest absolute Gasteiger partial charge is 0.140 e. The fourth-order valence-electron chi connectivity index (χ4n) is 1.51. The van der Waals surface area contributed by atoms with Gasteiger partial charge >= 0.3 is 0 Å². The highest BCUT2D eigenvalue weighted by atomic mass is 32.2. The molecule has 2 heterocycles. The van der Waals surface area contributed by atoms with Crippen molar-refractivity contribution >= 4 is 50.2 Å². The van der Waals surface area contributed by atoms with E-state index in [0.717, 1.165) is 9.40 Å². The summed E-state index contributed by atoms with van der Waals surface area (Å²) < 4.78 is 26.5. The molecule has 0 spiro atoms. The van der Waals surface area contributed by atoms with Crippen LogP contribution in [0.5, 0.6) is 0 Å². The van der Waals surface area contributed by atoms with Crippen LogP contribution in [0.2, 0.25) is 18.1 Å². The summed E-state index contributed by atoms with van der Waals surface area (Å²) in [7, 11) is -4.89. The van der Waals surface area contributed by atoms with Crippen LogP contribution in [-0.2, 0) is 9.92 Å². The lowest BCUT2D eigenvalue weighted by molar-refractivity contribution is 0.666. The van der Waals surface area contributed by atoms with Gasteiger partial charge < -0.3 is 0 Å². The Hall–Kier alpha value is -0.213. The van der Waals surface area contributed by atoms with Crippen molar-refractivity contribution in [1.82, 2.24) is 4.39 Å². The minimum Gasteiger partial charge on any atom is -0.249 e. The Morgan fingerprint density at radius 1 is 1.32 bits per heavy atom. The minimum atomic E-state index is -2.92. The molecular formula is C12H20N2OS3Si. The summed E-state index contributed by atoms with van der Waals surface area (Å²) in [6.45, 7) is 10.7. The maximum absolute atomic E-state index is 12.8. The topological polar surface area (TPSA) is 53.0 Å². The van der Waals surface area contributed by atoms with Crippen LogP contribution in [0.4, 0.5) is 0 Å². The van der Waals surface area contributed by atoms with Crippen molar-refractivity contribution in [3.63, 3.8) is 0 Å². The molecular weight excluding hydrogens is 312 g/mol. The van der Waals surface area contributed by atoms with E-state index >= 15 is 0 Å². The van der Waals surface area contributed by atoms with Gasteiger partial charge in [-0.3, -0.25) is 0 Å². The zero-order valence-corrected chi connectivity index (χ0v) is 15.3. The number of hydrogen-bond acceptors (Lipinski definition) is 4. The van der Waals surface area contributed by atoms with Crippen molar-refractivity contribution in [1.29, 1.82) is 4.78 Å². The lowest BCUT2D eigenvalue weighted by Crippen LogP contribution is -2.54. The second-order valence-electron chi connectivity index (χ2n) is 6.25. The average molecular weight is 333 g/mol. The molecule has 1 atom stereocenters. The lowest BCUT2D eigenvalue weighted by Gasteiger charge is -2.37. The van der Waals surface area contributed by atoms with Crippen LogP contribution < -0.4 is 4.39 Å². The molecule has 2 rings (SSSR count). The predicted octanol–water partition coefficient (Wildman–Crippen LogP) is 4.88. The molecule has 0 aliphatic heterocycles. The van der Waals surface area contributed by atoms with E-state index in [-0.39, 0.29) is 5.04 Å². The van der Waals surface area contributed by atoms with E-state index in [1.807, 2.05) is 16.8 Å². The fourth-order valence-corrected chi connectivity index (χ4v) is 9.53. The number of rotatable bonds is 3. The molecule has 1 unspecified atom stereocenters. The molecule has 106 valence electrons. The van der Waals surface area contributed by atoms with Crippen LogP contribution in [0.1, 0.15) is 20.8 Å². The molecule has 0 amide bonds. The first kappa shape index (κ1) is 15.2. The Kier molecular flexibility index (Phi) is 3.73. The second-order valence-corrected chi connectivity index (χ2v) is 15.2.